The summed E-state index contributed by atoms with van der Waals surface area (Å²) in [6.07, 6.45) is 4.33. The second kappa shape index (κ2) is 11.5. The zero-order valence-corrected chi connectivity index (χ0v) is 26.7. The Labute approximate surface area is 273 Å². The van der Waals surface area contributed by atoms with Crippen molar-refractivity contribution >= 4 is 29.1 Å². The Kier molecular flexibility index (Phi) is 7.59. The predicted octanol–water partition coefficient (Wildman–Crippen LogP) is 4.96. The van der Waals surface area contributed by atoms with Gasteiger partial charge >= 0.3 is 0 Å². The first-order chi connectivity index (χ1) is 22.5. The van der Waals surface area contributed by atoms with Gasteiger partial charge in [-0.1, -0.05) is 11.6 Å². The Hall–Kier alpha value is -4.68. The van der Waals surface area contributed by atoms with E-state index in [0.717, 1.165) is 54.2 Å². The van der Waals surface area contributed by atoms with Crippen LogP contribution in [0.15, 0.2) is 47.4 Å². The number of hydrogen-bond acceptors (Lipinski definition) is 7. The normalized spacial score (nSPS) is 18.2. The molecule has 2 aromatic heterocycles. The lowest BCUT2D eigenvalue weighted by Gasteiger charge is -2.50. The quantitative estimate of drug-likeness (QED) is 0.300. The number of halogens is 3. The summed E-state index contributed by atoms with van der Waals surface area (Å²) in [7, 11) is 2.97. The number of anilines is 1. The minimum Gasteiger partial charge on any atom is -0.481 e. The van der Waals surface area contributed by atoms with Crippen LogP contribution in [0.4, 0.5) is 14.5 Å². The first kappa shape index (κ1) is 30.9. The number of pyridine rings is 1. The van der Waals surface area contributed by atoms with Gasteiger partial charge in [0.25, 0.3) is 11.5 Å². The summed E-state index contributed by atoms with van der Waals surface area (Å²) in [6.45, 7) is 3.07. The fourth-order valence-electron chi connectivity index (χ4n) is 7.17. The minimum atomic E-state index is -0.758. The molecule has 242 valence electrons. The molecular weight excluding hydrogens is 630 g/mol. The summed E-state index contributed by atoms with van der Waals surface area (Å²) in [4.78, 5) is 44.4. The van der Waals surface area contributed by atoms with Crippen LogP contribution >= 0.6 is 11.6 Å². The third-order valence-corrected chi connectivity index (χ3v) is 9.93. The number of benzene rings is 2. The number of nitrogens with zero attached hydrogens (tertiary/aromatic N) is 4. The smallest absolute Gasteiger partial charge is 0.279 e. The zero-order valence-electron chi connectivity index (χ0n) is 25.9. The third kappa shape index (κ3) is 5.16. The van der Waals surface area contributed by atoms with E-state index in [9.17, 15) is 14.4 Å². The van der Waals surface area contributed by atoms with Crippen molar-refractivity contribution in [2.45, 2.75) is 44.2 Å². The summed E-state index contributed by atoms with van der Waals surface area (Å²) in [5, 5.41) is 9.53. The Balaban J connectivity index is 1.23. The molecule has 2 aliphatic heterocycles. The summed E-state index contributed by atoms with van der Waals surface area (Å²) in [5.41, 5.74) is 2.03. The van der Waals surface area contributed by atoms with Crippen LogP contribution in [-0.4, -0.2) is 57.2 Å². The Morgan fingerprint density at radius 3 is 2.57 bits per heavy atom. The van der Waals surface area contributed by atoms with Gasteiger partial charge in [-0.05, 0) is 73.7 Å². The van der Waals surface area contributed by atoms with Crippen molar-refractivity contribution in [3.8, 4) is 28.3 Å². The zero-order chi connectivity index (χ0) is 33.2. The number of methoxy groups -OCH3 is 1. The maximum Gasteiger partial charge on any atom is 0.279 e. The van der Waals surface area contributed by atoms with Crippen LogP contribution in [0.5, 0.6) is 5.88 Å². The number of aryl methyl sites for hydroxylation is 2. The number of likely N-dealkylation sites (tertiary alicyclic amines) is 1. The Bertz CT molecular complexity index is 2040. The third-order valence-electron chi connectivity index (χ3n) is 9.54. The number of amides is 2. The fraction of sp³-hybridized carbons (Fsp3) is 0.324. The minimum absolute atomic E-state index is 0.0517. The van der Waals surface area contributed by atoms with Crippen LogP contribution in [0.1, 0.15) is 52.4 Å². The number of carbonyl (C=O) groups is 2. The average molecular weight is 661 g/mol. The van der Waals surface area contributed by atoms with Gasteiger partial charge in [-0.25, -0.2) is 18.4 Å². The lowest BCUT2D eigenvalue weighted by atomic mass is 9.86. The first-order valence-corrected chi connectivity index (χ1v) is 15.6. The molecule has 1 atom stereocenters. The monoisotopic (exact) mass is 660 g/mol. The number of carbonyl (C=O) groups excluding carboxylic acids is 2. The second-order valence-electron chi connectivity index (χ2n) is 12.4. The van der Waals surface area contributed by atoms with E-state index in [-0.39, 0.29) is 50.5 Å². The highest BCUT2D eigenvalue weighted by Crippen LogP contribution is 2.48. The molecule has 3 aliphatic rings. The summed E-state index contributed by atoms with van der Waals surface area (Å²) < 4.78 is 37.9. The number of fused-ring (bicyclic) bond motifs is 1. The van der Waals surface area contributed by atoms with Crippen LogP contribution in [-0.2, 0) is 18.3 Å². The highest BCUT2D eigenvalue weighted by atomic mass is 35.5. The molecule has 7 rings (SSSR count). The van der Waals surface area contributed by atoms with E-state index >= 15 is 8.78 Å². The van der Waals surface area contributed by atoms with Gasteiger partial charge < -0.3 is 15.4 Å². The lowest BCUT2D eigenvalue weighted by molar-refractivity contribution is -0.121. The topological polar surface area (TPSA) is 118 Å². The highest BCUT2D eigenvalue weighted by molar-refractivity contribution is 6.36. The molecule has 2 N–H and O–H groups in total. The molecule has 0 unspecified atom stereocenters. The predicted molar refractivity (Wildman–Crippen MR) is 171 cm³/mol. The van der Waals surface area contributed by atoms with Crippen LogP contribution < -0.4 is 20.9 Å². The van der Waals surface area contributed by atoms with Crippen LogP contribution in [0.25, 0.3) is 22.4 Å². The van der Waals surface area contributed by atoms with E-state index in [1.165, 1.54) is 44.4 Å². The van der Waals surface area contributed by atoms with Gasteiger partial charge in [0.05, 0.1) is 23.4 Å². The van der Waals surface area contributed by atoms with Crippen LogP contribution in [0.2, 0.25) is 5.02 Å². The van der Waals surface area contributed by atoms with E-state index in [4.69, 9.17) is 21.3 Å². The molecule has 2 amide bonds. The molecule has 10 nitrogen and oxygen atoms in total. The Morgan fingerprint density at radius 1 is 1.11 bits per heavy atom. The molecule has 2 saturated heterocycles. The second-order valence-corrected chi connectivity index (χ2v) is 12.8. The molecule has 47 heavy (non-hydrogen) atoms. The molecule has 0 radical (unpaired) electrons. The molecule has 0 bridgehead atoms. The Morgan fingerprint density at radius 2 is 1.85 bits per heavy atom. The molecule has 2 aromatic carbocycles. The number of aromatic nitrogens is 3. The van der Waals surface area contributed by atoms with Crippen molar-refractivity contribution in [1.29, 1.82) is 0 Å². The van der Waals surface area contributed by atoms with E-state index in [2.05, 4.69) is 20.6 Å². The standard InChI is InChI=1S/C34H31ClF2N6O4/c1-17-23(39-31(45)20-11-13-38-42(2)33(20)46)8-7-21(36)27(17)29-22(37)6-5-19(30(29)35)24-14-18-4-9-25(28(18)32(40-24)47-3)43-15-34(16-43)12-10-26(44)41-34/h5-8,11,13-14,25H,4,9-10,12,15-16H2,1-3H3,(H,39,45)(H,41,44)/t25-/m0/s1. The average Bonchev–Trinajstić information content (AvgIpc) is 3.64. The largest absolute Gasteiger partial charge is 0.481 e. The number of nitrogens with one attached hydrogen (secondary N) is 2. The number of rotatable bonds is 6. The molecule has 13 heteroatoms. The van der Waals surface area contributed by atoms with Gasteiger partial charge in [0.2, 0.25) is 11.8 Å². The summed E-state index contributed by atoms with van der Waals surface area (Å²) >= 11 is 6.89. The molecular formula is C34H31ClF2N6O4. The highest BCUT2D eigenvalue weighted by Gasteiger charge is 2.51. The van der Waals surface area contributed by atoms with E-state index < -0.39 is 23.1 Å². The lowest BCUT2D eigenvalue weighted by Crippen LogP contribution is -2.67. The molecule has 2 fully saturated rings. The van der Waals surface area contributed by atoms with Crippen molar-refractivity contribution in [3.05, 3.63) is 91.9 Å². The van der Waals surface area contributed by atoms with Crippen molar-refractivity contribution in [2.24, 2.45) is 7.05 Å². The van der Waals surface area contributed by atoms with Crippen LogP contribution in [0, 0.1) is 18.6 Å². The van der Waals surface area contributed by atoms with Gasteiger partial charge in [-0.15, -0.1) is 0 Å². The van der Waals surface area contributed by atoms with Gasteiger partial charge in [-0.3, -0.25) is 19.3 Å². The van der Waals surface area contributed by atoms with Gasteiger partial charge in [0.1, 0.15) is 17.2 Å². The van der Waals surface area contributed by atoms with Crippen molar-refractivity contribution in [2.75, 3.05) is 25.5 Å². The summed E-state index contributed by atoms with van der Waals surface area (Å²) in [5.74, 6) is -1.69. The molecule has 1 aliphatic carbocycles. The number of hydrogen-bond donors (Lipinski definition) is 2. The summed E-state index contributed by atoms with van der Waals surface area (Å²) in [6, 6.07) is 8.46. The molecule has 4 aromatic rings. The molecule has 4 heterocycles. The van der Waals surface area contributed by atoms with Gasteiger partial charge in [0.15, 0.2) is 0 Å². The van der Waals surface area contributed by atoms with Crippen molar-refractivity contribution in [3.63, 3.8) is 0 Å². The first-order valence-electron chi connectivity index (χ1n) is 15.2. The fourth-order valence-corrected chi connectivity index (χ4v) is 7.52. The van der Waals surface area contributed by atoms with E-state index in [1.54, 1.807) is 7.11 Å². The maximum absolute atomic E-state index is 15.6. The SMILES string of the molecule is COc1nc(-c2ccc(F)c(-c3c(F)ccc(NC(=O)c4ccnn(C)c4=O)c3C)c2Cl)cc2c1[C@@H](N1CC3(CCC(=O)N3)C1)CC2. The maximum atomic E-state index is 15.6. The van der Waals surface area contributed by atoms with Crippen LogP contribution in [0.3, 0.4) is 0 Å². The van der Waals surface area contributed by atoms with E-state index in [0.29, 0.717) is 23.6 Å². The van der Waals surface area contributed by atoms with Crippen molar-refractivity contribution in [1.82, 2.24) is 25.0 Å². The van der Waals surface area contributed by atoms with Gasteiger partial charge in [0, 0.05) is 66.7 Å². The van der Waals surface area contributed by atoms with E-state index in [1.807, 2.05) is 6.07 Å². The number of ether oxygens (including phenoxy) is 1. The molecule has 0 saturated carbocycles. The van der Waals surface area contributed by atoms with Crippen molar-refractivity contribution < 1.29 is 23.1 Å². The molecule has 1 spiro atoms. The van der Waals surface area contributed by atoms with Gasteiger partial charge in [-0.2, -0.15) is 5.10 Å².